The summed E-state index contributed by atoms with van der Waals surface area (Å²) < 4.78 is 18.7. The number of rotatable bonds is 2. The lowest BCUT2D eigenvalue weighted by atomic mass is 9.84. The second-order valence-corrected chi connectivity index (χ2v) is 4.57. The monoisotopic (exact) mass is 274 g/mol. The van der Waals surface area contributed by atoms with Gasteiger partial charge < -0.3 is 4.74 Å². The molecule has 1 rings (SSSR count). The van der Waals surface area contributed by atoms with Crippen LogP contribution in [0.5, 0.6) is 0 Å². The van der Waals surface area contributed by atoms with Gasteiger partial charge in [0.05, 0.1) is 17.0 Å². The maximum Gasteiger partial charge on any atom is 0.315 e. The van der Waals surface area contributed by atoms with Gasteiger partial charge in [-0.15, -0.1) is 0 Å². The van der Waals surface area contributed by atoms with Crippen molar-refractivity contribution in [2.24, 2.45) is 0 Å². The molecular formula is C11H12BrFO2. The van der Waals surface area contributed by atoms with E-state index < -0.39 is 17.2 Å². The summed E-state index contributed by atoms with van der Waals surface area (Å²) in [6, 6.07) is 4.86. The van der Waals surface area contributed by atoms with Gasteiger partial charge in [-0.1, -0.05) is 12.1 Å². The van der Waals surface area contributed by atoms with E-state index in [1.807, 2.05) is 0 Å². The average molecular weight is 275 g/mol. The summed E-state index contributed by atoms with van der Waals surface area (Å²) in [6.45, 7) is 3.26. The molecule has 0 amide bonds. The Labute approximate surface area is 96.6 Å². The van der Waals surface area contributed by atoms with Gasteiger partial charge in [-0.2, -0.15) is 0 Å². The summed E-state index contributed by atoms with van der Waals surface area (Å²) >= 11 is 3.08. The van der Waals surface area contributed by atoms with E-state index in [9.17, 15) is 9.18 Å². The number of methoxy groups -OCH3 is 1. The van der Waals surface area contributed by atoms with Gasteiger partial charge in [-0.25, -0.2) is 4.39 Å². The van der Waals surface area contributed by atoms with E-state index >= 15 is 0 Å². The third kappa shape index (κ3) is 2.20. The molecule has 1 aromatic carbocycles. The second-order valence-electron chi connectivity index (χ2n) is 3.72. The van der Waals surface area contributed by atoms with Crippen LogP contribution in [0.15, 0.2) is 22.7 Å². The molecule has 0 saturated heterocycles. The van der Waals surface area contributed by atoms with Crippen LogP contribution in [0.2, 0.25) is 0 Å². The van der Waals surface area contributed by atoms with Crippen molar-refractivity contribution in [1.29, 1.82) is 0 Å². The Morgan fingerprint density at radius 2 is 2.07 bits per heavy atom. The second kappa shape index (κ2) is 4.31. The lowest BCUT2D eigenvalue weighted by molar-refractivity contribution is -0.146. The fourth-order valence-electron chi connectivity index (χ4n) is 1.35. The zero-order chi connectivity index (χ0) is 11.6. The van der Waals surface area contributed by atoms with Gasteiger partial charge in [-0.05, 0) is 35.8 Å². The molecule has 1 aromatic rings. The zero-order valence-corrected chi connectivity index (χ0v) is 10.4. The molecule has 15 heavy (non-hydrogen) atoms. The minimum Gasteiger partial charge on any atom is -0.468 e. The number of benzene rings is 1. The summed E-state index contributed by atoms with van der Waals surface area (Å²) in [5.74, 6) is -0.882. The lowest BCUT2D eigenvalue weighted by Crippen LogP contribution is -2.31. The van der Waals surface area contributed by atoms with Crippen LogP contribution in [-0.2, 0) is 14.9 Å². The Balaban J connectivity index is 3.27. The number of halogens is 2. The number of hydrogen-bond donors (Lipinski definition) is 0. The molecule has 0 N–H and O–H groups in total. The molecule has 0 bridgehead atoms. The first-order valence-corrected chi connectivity index (χ1v) is 5.23. The number of esters is 1. The largest absolute Gasteiger partial charge is 0.468 e. The predicted molar refractivity (Wildman–Crippen MR) is 59.1 cm³/mol. The van der Waals surface area contributed by atoms with Gasteiger partial charge in [0.15, 0.2) is 0 Å². The van der Waals surface area contributed by atoms with Gasteiger partial charge in [0.1, 0.15) is 5.82 Å². The number of carbonyl (C=O) groups is 1. The molecule has 0 spiro atoms. The quantitative estimate of drug-likeness (QED) is 0.775. The fraction of sp³-hybridized carbons (Fsp3) is 0.364. The third-order valence-electron chi connectivity index (χ3n) is 2.32. The SMILES string of the molecule is COC(=O)C(C)(C)c1cccc(Br)c1F. The van der Waals surface area contributed by atoms with Crippen LogP contribution >= 0.6 is 15.9 Å². The summed E-state index contributed by atoms with van der Waals surface area (Å²) in [6.07, 6.45) is 0. The molecule has 0 aliphatic heterocycles. The van der Waals surface area contributed by atoms with Gasteiger partial charge in [0, 0.05) is 5.56 Å². The molecule has 2 nitrogen and oxygen atoms in total. The molecule has 0 saturated carbocycles. The number of ether oxygens (including phenoxy) is 1. The van der Waals surface area contributed by atoms with Crippen molar-refractivity contribution in [1.82, 2.24) is 0 Å². The van der Waals surface area contributed by atoms with Crippen molar-refractivity contribution in [2.45, 2.75) is 19.3 Å². The van der Waals surface area contributed by atoms with Crippen molar-refractivity contribution >= 4 is 21.9 Å². The summed E-state index contributed by atoms with van der Waals surface area (Å²) in [5, 5.41) is 0. The first kappa shape index (κ1) is 12.2. The van der Waals surface area contributed by atoms with Crippen LogP contribution < -0.4 is 0 Å². The molecule has 0 heterocycles. The van der Waals surface area contributed by atoms with E-state index in [0.29, 0.717) is 10.0 Å². The van der Waals surface area contributed by atoms with Crippen LogP contribution in [0, 0.1) is 5.82 Å². The van der Waals surface area contributed by atoms with Crippen LogP contribution in [-0.4, -0.2) is 13.1 Å². The van der Waals surface area contributed by atoms with Gasteiger partial charge in [0.2, 0.25) is 0 Å². The topological polar surface area (TPSA) is 26.3 Å². The third-order valence-corrected chi connectivity index (χ3v) is 2.93. The Bertz CT molecular complexity index is 388. The van der Waals surface area contributed by atoms with Crippen molar-refractivity contribution in [3.05, 3.63) is 34.1 Å². The van der Waals surface area contributed by atoms with E-state index in [2.05, 4.69) is 20.7 Å². The first-order chi connectivity index (χ1) is 6.91. The maximum absolute atomic E-state index is 13.7. The Morgan fingerprint density at radius 1 is 1.47 bits per heavy atom. The van der Waals surface area contributed by atoms with Gasteiger partial charge >= 0.3 is 5.97 Å². The minimum atomic E-state index is -0.984. The predicted octanol–water partition coefficient (Wildman–Crippen LogP) is 3.04. The molecule has 82 valence electrons. The van der Waals surface area contributed by atoms with E-state index in [0.717, 1.165) is 0 Å². The molecule has 0 aliphatic carbocycles. The summed E-state index contributed by atoms with van der Waals surface area (Å²) in [5.41, 5.74) is -0.661. The highest BCUT2D eigenvalue weighted by Crippen LogP contribution is 2.30. The Morgan fingerprint density at radius 3 is 2.60 bits per heavy atom. The minimum absolute atomic E-state index is 0.323. The molecule has 0 aliphatic rings. The average Bonchev–Trinajstić information content (AvgIpc) is 2.20. The molecule has 0 radical (unpaired) electrons. The van der Waals surface area contributed by atoms with Gasteiger partial charge in [0.25, 0.3) is 0 Å². The number of hydrogen-bond acceptors (Lipinski definition) is 2. The van der Waals surface area contributed by atoms with E-state index in [1.165, 1.54) is 7.11 Å². The molecule has 0 aromatic heterocycles. The number of carbonyl (C=O) groups excluding carboxylic acids is 1. The molecular weight excluding hydrogens is 263 g/mol. The lowest BCUT2D eigenvalue weighted by Gasteiger charge is -2.22. The first-order valence-electron chi connectivity index (χ1n) is 4.44. The Kier molecular flexibility index (Phi) is 3.50. The van der Waals surface area contributed by atoms with Crippen molar-refractivity contribution < 1.29 is 13.9 Å². The Hall–Kier alpha value is -0.900. The van der Waals surface area contributed by atoms with Crippen molar-refractivity contribution in [3.63, 3.8) is 0 Å². The standard InChI is InChI=1S/C11H12BrFO2/c1-11(2,10(14)15-3)7-5-4-6-8(12)9(7)13/h4-6H,1-3H3. The normalized spacial score (nSPS) is 11.3. The highest BCUT2D eigenvalue weighted by Gasteiger charge is 2.33. The summed E-state index contributed by atoms with van der Waals surface area (Å²) in [4.78, 5) is 11.5. The zero-order valence-electron chi connectivity index (χ0n) is 8.80. The van der Waals surface area contributed by atoms with Crippen LogP contribution in [0.4, 0.5) is 4.39 Å². The smallest absolute Gasteiger partial charge is 0.315 e. The summed E-state index contributed by atoms with van der Waals surface area (Å²) in [7, 11) is 1.29. The highest BCUT2D eigenvalue weighted by atomic mass is 79.9. The fourth-order valence-corrected chi connectivity index (χ4v) is 1.72. The molecule has 0 atom stereocenters. The van der Waals surface area contributed by atoms with Crippen molar-refractivity contribution in [2.75, 3.05) is 7.11 Å². The maximum atomic E-state index is 13.7. The van der Waals surface area contributed by atoms with Crippen LogP contribution in [0.1, 0.15) is 19.4 Å². The van der Waals surface area contributed by atoms with Crippen LogP contribution in [0.25, 0.3) is 0 Å². The van der Waals surface area contributed by atoms with E-state index in [-0.39, 0.29) is 0 Å². The molecule has 0 fully saturated rings. The van der Waals surface area contributed by atoms with E-state index in [1.54, 1.807) is 32.0 Å². The van der Waals surface area contributed by atoms with Crippen molar-refractivity contribution in [3.8, 4) is 0 Å². The molecule has 4 heteroatoms. The molecule has 0 unspecified atom stereocenters. The highest BCUT2D eigenvalue weighted by molar-refractivity contribution is 9.10. The van der Waals surface area contributed by atoms with Crippen LogP contribution in [0.3, 0.4) is 0 Å². The van der Waals surface area contributed by atoms with E-state index in [4.69, 9.17) is 0 Å². The van der Waals surface area contributed by atoms with Gasteiger partial charge in [-0.3, -0.25) is 4.79 Å².